The van der Waals surface area contributed by atoms with E-state index >= 15 is 0 Å². The van der Waals surface area contributed by atoms with Crippen LogP contribution < -0.4 is 5.32 Å². The van der Waals surface area contributed by atoms with Gasteiger partial charge in [-0.05, 0) is 12.1 Å². The molecule has 0 aliphatic rings. The molecule has 0 unspecified atom stereocenters. The lowest BCUT2D eigenvalue weighted by Gasteiger charge is -2.12. The third-order valence-electron chi connectivity index (χ3n) is 1.46. The van der Waals surface area contributed by atoms with Crippen LogP contribution in [0.2, 0.25) is 10.0 Å². The summed E-state index contributed by atoms with van der Waals surface area (Å²) in [6.07, 6.45) is 0. The first kappa shape index (κ1) is 13.2. The molecule has 2 nitrogen and oxygen atoms in total. The molecule has 82 valence electrons. The molecule has 1 N–H and O–H groups in total. The average Bonchev–Trinajstić information content (AvgIpc) is 2.11. The van der Waals surface area contributed by atoms with Gasteiger partial charge in [-0.25, -0.2) is 0 Å². The largest absolute Gasteiger partial charge is 0.321 e. The van der Waals surface area contributed by atoms with Gasteiger partial charge in [0.2, 0.25) is 0 Å². The maximum absolute atomic E-state index is 11.3. The van der Waals surface area contributed by atoms with Crippen LogP contribution in [0.3, 0.4) is 0 Å². The predicted octanol–water partition coefficient (Wildman–Crippen LogP) is 4.30. The van der Waals surface area contributed by atoms with Crippen LogP contribution in [0.15, 0.2) is 18.2 Å². The first-order valence-electron chi connectivity index (χ1n) is 3.64. The molecule has 0 radical (unpaired) electrons. The van der Waals surface area contributed by atoms with E-state index in [1.54, 1.807) is 18.2 Å². The fraction of sp³-hybridized carbons (Fsp3) is 0.125. The van der Waals surface area contributed by atoms with Crippen LogP contribution in [0.25, 0.3) is 0 Å². The molecule has 1 rings (SSSR count). The molecule has 7 heteroatoms. The number of amides is 1. The van der Waals surface area contributed by atoms with Crippen molar-refractivity contribution in [3.05, 3.63) is 28.2 Å². The van der Waals surface area contributed by atoms with Gasteiger partial charge < -0.3 is 5.32 Å². The van der Waals surface area contributed by atoms with Crippen LogP contribution >= 0.6 is 58.0 Å². The highest BCUT2D eigenvalue weighted by molar-refractivity contribution is 6.76. The maximum atomic E-state index is 11.3. The zero-order valence-electron chi connectivity index (χ0n) is 7.03. The van der Waals surface area contributed by atoms with Gasteiger partial charge in [0.1, 0.15) is 0 Å². The smallest absolute Gasteiger partial charge is 0.276 e. The second kappa shape index (κ2) is 4.98. The van der Waals surface area contributed by atoms with Crippen molar-refractivity contribution in [2.24, 2.45) is 0 Å². The fourth-order valence-corrected chi connectivity index (χ4v) is 1.28. The second-order valence-electron chi connectivity index (χ2n) is 2.55. The lowest BCUT2D eigenvalue weighted by atomic mass is 10.3. The molecule has 0 aliphatic heterocycles. The molecule has 1 aromatic carbocycles. The lowest BCUT2D eigenvalue weighted by molar-refractivity contribution is -0.115. The Hall–Kier alpha value is 0.140. The molecule has 0 bridgehead atoms. The normalized spacial score (nSPS) is 11.3. The van der Waals surface area contributed by atoms with E-state index in [-0.39, 0.29) is 5.02 Å². The SMILES string of the molecule is O=C(Nc1cccc(Cl)c1Cl)C(Cl)(Cl)Cl. The molecule has 1 amide bonds. The zero-order chi connectivity index (χ0) is 11.6. The van der Waals surface area contributed by atoms with E-state index in [1.165, 1.54) is 0 Å². The summed E-state index contributed by atoms with van der Waals surface area (Å²) in [6.45, 7) is 0. The Morgan fingerprint density at radius 2 is 1.80 bits per heavy atom. The Kier molecular flexibility index (Phi) is 4.38. The van der Waals surface area contributed by atoms with E-state index in [1.807, 2.05) is 0 Å². The molecular formula is C8H4Cl5NO. The van der Waals surface area contributed by atoms with Crippen molar-refractivity contribution in [3.8, 4) is 0 Å². The van der Waals surface area contributed by atoms with Gasteiger partial charge in [-0.2, -0.15) is 0 Å². The number of benzene rings is 1. The average molecular weight is 307 g/mol. The molecule has 0 aliphatic carbocycles. The van der Waals surface area contributed by atoms with E-state index in [9.17, 15) is 4.79 Å². The molecule has 15 heavy (non-hydrogen) atoms. The van der Waals surface area contributed by atoms with Crippen molar-refractivity contribution in [2.75, 3.05) is 5.32 Å². The third-order valence-corrected chi connectivity index (χ3v) is 2.79. The van der Waals surface area contributed by atoms with Crippen molar-refractivity contribution >= 4 is 69.6 Å². The van der Waals surface area contributed by atoms with Crippen molar-refractivity contribution in [1.29, 1.82) is 0 Å². The molecular weight excluding hydrogens is 303 g/mol. The van der Waals surface area contributed by atoms with Gasteiger partial charge in [0, 0.05) is 0 Å². The quantitative estimate of drug-likeness (QED) is 0.770. The Labute approximate surface area is 111 Å². The molecule has 0 aromatic heterocycles. The number of anilines is 1. The lowest BCUT2D eigenvalue weighted by Crippen LogP contribution is -2.27. The van der Waals surface area contributed by atoms with Crippen molar-refractivity contribution in [3.63, 3.8) is 0 Å². The van der Waals surface area contributed by atoms with Gasteiger partial charge in [-0.1, -0.05) is 64.1 Å². The minimum absolute atomic E-state index is 0.196. The van der Waals surface area contributed by atoms with Gasteiger partial charge >= 0.3 is 0 Å². The Morgan fingerprint density at radius 1 is 1.20 bits per heavy atom. The molecule has 0 spiro atoms. The number of carbonyl (C=O) groups is 1. The molecule has 1 aromatic rings. The molecule has 0 heterocycles. The first-order chi connectivity index (χ1) is 6.82. The summed E-state index contributed by atoms with van der Waals surface area (Å²) in [7, 11) is 0. The summed E-state index contributed by atoms with van der Waals surface area (Å²) in [4.78, 5) is 11.3. The van der Waals surface area contributed by atoms with Crippen molar-refractivity contribution in [2.45, 2.75) is 3.79 Å². The second-order valence-corrected chi connectivity index (χ2v) is 5.62. The molecule has 0 atom stereocenters. The highest BCUT2D eigenvalue weighted by Gasteiger charge is 2.31. The number of halogens is 5. The van der Waals surface area contributed by atoms with Gasteiger partial charge in [0.15, 0.2) is 0 Å². The van der Waals surface area contributed by atoms with Crippen LogP contribution in [0.4, 0.5) is 5.69 Å². The zero-order valence-corrected chi connectivity index (χ0v) is 10.8. The summed E-state index contributed by atoms with van der Waals surface area (Å²) in [6, 6.07) is 4.74. The van der Waals surface area contributed by atoms with Gasteiger partial charge in [0.25, 0.3) is 9.70 Å². The van der Waals surface area contributed by atoms with Crippen molar-refractivity contribution in [1.82, 2.24) is 0 Å². The van der Waals surface area contributed by atoms with Gasteiger partial charge in [-0.15, -0.1) is 0 Å². The van der Waals surface area contributed by atoms with E-state index < -0.39 is 9.70 Å². The highest BCUT2D eigenvalue weighted by Crippen LogP contribution is 2.32. The minimum Gasteiger partial charge on any atom is -0.321 e. The van der Waals surface area contributed by atoms with Crippen LogP contribution in [-0.4, -0.2) is 9.70 Å². The number of alkyl halides is 3. The fourth-order valence-electron chi connectivity index (χ4n) is 0.794. The standard InChI is InChI=1S/C8H4Cl5NO/c9-4-2-1-3-5(6(4)10)14-7(15)8(11,12)13/h1-3H,(H,14,15). The summed E-state index contributed by atoms with van der Waals surface area (Å²) in [5, 5.41) is 2.84. The third kappa shape index (κ3) is 3.58. The first-order valence-corrected chi connectivity index (χ1v) is 5.53. The Bertz CT molecular complexity index is 387. The Morgan fingerprint density at radius 3 is 2.33 bits per heavy atom. The number of hydrogen-bond acceptors (Lipinski definition) is 1. The number of nitrogens with one attached hydrogen (secondary N) is 1. The van der Waals surface area contributed by atoms with Crippen LogP contribution in [0.1, 0.15) is 0 Å². The monoisotopic (exact) mass is 305 g/mol. The summed E-state index contributed by atoms with van der Waals surface area (Å²) in [5.41, 5.74) is 0.292. The number of rotatable bonds is 1. The Balaban J connectivity index is 2.91. The van der Waals surface area contributed by atoms with Crippen LogP contribution in [0, 0.1) is 0 Å². The molecule has 0 saturated carbocycles. The van der Waals surface area contributed by atoms with Crippen molar-refractivity contribution < 1.29 is 4.79 Å². The van der Waals surface area contributed by atoms with Crippen LogP contribution in [-0.2, 0) is 4.79 Å². The van der Waals surface area contributed by atoms with Gasteiger partial charge in [-0.3, -0.25) is 4.79 Å². The van der Waals surface area contributed by atoms with E-state index in [2.05, 4.69) is 5.32 Å². The van der Waals surface area contributed by atoms with E-state index in [0.717, 1.165) is 0 Å². The topological polar surface area (TPSA) is 29.1 Å². The maximum Gasteiger partial charge on any atom is 0.276 e. The summed E-state index contributed by atoms with van der Waals surface area (Å²) >= 11 is 27.6. The molecule has 0 fully saturated rings. The van der Waals surface area contributed by atoms with Gasteiger partial charge in [0.05, 0.1) is 15.7 Å². The number of hydrogen-bond donors (Lipinski definition) is 1. The van der Waals surface area contributed by atoms with E-state index in [0.29, 0.717) is 10.7 Å². The van der Waals surface area contributed by atoms with Crippen LogP contribution in [0.5, 0.6) is 0 Å². The number of carbonyl (C=O) groups excluding carboxylic acids is 1. The molecule has 0 saturated heterocycles. The minimum atomic E-state index is -2.04. The summed E-state index contributed by atoms with van der Waals surface area (Å²) < 4.78 is -2.04. The van der Waals surface area contributed by atoms with E-state index in [4.69, 9.17) is 58.0 Å². The predicted molar refractivity (Wildman–Crippen MR) is 65.4 cm³/mol. The highest BCUT2D eigenvalue weighted by atomic mass is 35.6. The summed E-state index contributed by atoms with van der Waals surface area (Å²) in [5.74, 6) is -0.795.